The lowest BCUT2D eigenvalue weighted by Gasteiger charge is -2.55. The Morgan fingerprint density at radius 1 is 1.38 bits per heavy atom. The molecule has 6 nitrogen and oxygen atoms in total. The number of aliphatic hydroxyl groups excluding tert-OH is 3. The topological polar surface area (TPSA) is 107 Å². The van der Waals surface area contributed by atoms with Gasteiger partial charge in [0.1, 0.15) is 12.2 Å². The van der Waals surface area contributed by atoms with E-state index < -0.39 is 35.8 Å². The molecule has 3 saturated carbocycles. The van der Waals surface area contributed by atoms with Gasteiger partial charge in [-0.25, -0.2) is 0 Å². The minimum absolute atomic E-state index is 0.00734. The molecule has 1 spiro atoms. The van der Waals surface area contributed by atoms with Crippen molar-refractivity contribution in [2.75, 3.05) is 6.61 Å². The standard InChI is InChI=1S/C20H24O6/c1-18-5-4-11(22)6-10(18)2-3-12-13-7-15(24)20(16(25)9-21)19(13,26-20)8-14(23)17(12)18/h4-6,12-15,17,21,23-24H,2-3,7-9H2,1H3/t12-,13-,14?,15+,17?,18-,19+,20-/m0/s1. The van der Waals surface area contributed by atoms with Crippen molar-refractivity contribution in [3.63, 3.8) is 0 Å². The molecule has 5 aliphatic rings. The first-order chi connectivity index (χ1) is 12.3. The zero-order valence-electron chi connectivity index (χ0n) is 14.7. The molecule has 0 radical (unpaired) electrons. The van der Waals surface area contributed by atoms with Gasteiger partial charge in [-0.15, -0.1) is 0 Å². The second-order valence-corrected chi connectivity index (χ2v) is 8.85. The molecular weight excluding hydrogens is 336 g/mol. The Kier molecular flexibility index (Phi) is 3.18. The number of epoxide rings is 1. The van der Waals surface area contributed by atoms with E-state index in [0.29, 0.717) is 6.42 Å². The van der Waals surface area contributed by atoms with Crippen molar-refractivity contribution in [3.8, 4) is 0 Å². The fourth-order valence-corrected chi connectivity index (χ4v) is 6.95. The molecule has 5 rings (SSSR count). The van der Waals surface area contributed by atoms with Crippen molar-refractivity contribution >= 4 is 11.6 Å². The number of carbonyl (C=O) groups excluding carboxylic acids is 2. The molecule has 0 aromatic rings. The molecule has 1 aliphatic heterocycles. The van der Waals surface area contributed by atoms with Crippen molar-refractivity contribution in [3.05, 3.63) is 23.8 Å². The molecule has 6 heteroatoms. The summed E-state index contributed by atoms with van der Waals surface area (Å²) in [7, 11) is 0. The van der Waals surface area contributed by atoms with Gasteiger partial charge < -0.3 is 20.1 Å². The highest BCUT2D eigenvalue weighted by atomic mass is 16.7. The summed E-state index contributed by atoms with van der Waals surface area (Å²) in [6.45, 7) is 1.41. The number of hydrogen-bond donors (Lipinski definition) is 3. The van der Waals surface area contributed by atoms with Crippen LogP contribution in [0.15, 0.2) is 23.8 Å². The van der Waals surface area contributed by atoms with Crippen LogP contribution in [0.3, 0.4) is 0 Å². The summed E-state index contributed by atoms with van der Waals surface area (Å²) in [5.74, 6) is -0.482. The SMILES string of the molecule is C[C@]12C=CC(=O)C=C1CC[C@@H]1C2C(O)C[C@]23O[C@]2(C(=O)CO)[C@H](O)C[C@@H]13. The average molecular weight is 360 g/mol. The van der Waals surface area contributed by atoms with Gasteiger partial charge in [0.25, 0.3) is 0 Å². The van der Waals surface area contributed by atoms with Crippen LogP contribution in [0.1, 0.15) is 32.6 Å². The first-order valence-corrected chi connectivity index (χ1v) is 9.45. The fraction of sp³-hybridized carbons (Fsp3) is 0.700. The smallest absolute Gasteiger partial charge is 0.195 e. The van der Waals surface area contributed by atoms with E-state index in [9.17, 15) is 24.9 Å². The summed E-state index contributed by atoms with van der Waals surface area (Å²) in [5.41, 5.74) is -1.51. The lowest BCUT2D eigenvalue weighted by molar-refractivity contribution is -0.131. The molecule has 26 heavy (non-hydrogen) atoms. The monoisotopic (exact) mass is 360 g/mol. The molecule has 3 N–H and O–H groups in total. The highest BCUT2D eigenvalue weighted by Crippen LogP contribution is 2.73. The van der Waals surface area contributed by atoms with Crippen LogP contribution in [0.2, 0.25) is 0 Å². The normalized spacial score (nSPS) is 53.9. The largest absolute Gasteiger partial charge is 0.393 e. The van der Waals surface area contributed by atoms with Crippen LogP contribution < -0.4 is 0 Å². The highest BCUT2D eigenvalue weighted by Gasteiger charge is 2.86. The zero-order valence-corrected chi connectivity index (χ0v) is 14.7. The van der Waals surface area contributed by atoms with Gasteiger partial charge in [0.15, 0.2) is 17.2 Å². The Labute approximate surface area is 151 Å². The summed E-state index contributed by atoms with van der Waals surface area (Å²) in [6.07, 6.45) is 5.88. The number of aliphatic hydroxyl groups is 3. The molecule has 0 aromatic carbocycles. The van der Waals surface area contributed by atoms with Crippen LogP contribution in [0, 0.1) is 23.2 Å². The van der Waals surface area contributed by atoms with Crippen molar-refractivity contribution in [2.24, 2.45) is 23.2 Å². The van der Waals surface area contributed by atoms with E-state index in [2.05, 4.69) is 6.92 Å². The quantitative estimate of drug-likeness (QED) is 0.612. The molecule has 0 amide bonds. The van der Waals surface area contributed by atoms with Gasteiger partial charge in [-0.05, 0) is 43.3 Å². The van der Waals surface area contributed by atoms with Gasteiger partial charge in [0, 0.05) is 17.8 Å². The molecule has 4 fully saturated rings. The van der Waals surface area contributed by atoms with Gasteiger partial charge in [0.2, 0.25) is 0 Å². The number of fused-ring (bicyclic) bond motifs is 4. The van der Waals surface area contributed by atoms with Crippen LogP contribution in [0.4, 0.5) is 0 Å². The Hall–Kier alpha value is -1.34. The lowest BCUT2D eigenvalue weighted by Crippen LogP contribution is -2.56. The van der Waals surface area contributed by atoms with Crippen LogP contribution in [-0.2, 0) is 14.3 Å². The fourth-order valence-electron chi connectivity index (χ4n) is 6.95. The number of ether oxygens (including phenoxy) is 1. The minimum atomic E-state index is -1.34. The van der Waals surface area contributed by atoms with Crippen LogP contribution in [0.25, 0.3) is 0 Å². The van der Waals surface area contributed by atoms with E-state index in [-0.39, 0.29) is 35.4 Å². The molecule has 8 atom stereocenters. The van der Waals surface area contributed by atoms with Crippen molar-refractivity contribution in [2.45, 2.75) is 56.0 Å². The molecule has 1 heterocycles. The Bertz CT molecular complexity index is 770. The van der Waals surface area contributed by atoms with Crippen LogP contribution in [0.5, 0.6) is 0 Å². The van der Waals surface area contributed by atoms with E-state index in [0.717, 1.165) is 18.4 Å². The van der Waals surface area contributed by atoms with E-state index >= 15 is 0 Å². The van der Waals surface area contributed by atoms with E-state index in [1.165, 1.54) is 0 Å². The molecule has 4 aliphatic carbocycles. The minimum Gasteiger partial charge on any atom is -0.393 e. The molecule has 0 bridgehead atoms. The Balaban J connectivity index is 1.55. The molecule has 2 unspecified atom stereocenters. The Morgan fingerprint density at radius 2 is 2.15 bits per heavy atom. The van der Waals surface area contributed by atoms with Crippen molar-refractivity contribution < 1.29 is 29.6 Å². The maximum atomic E-state index is 12.4. The number of hydrogen-bond acceptors (Lipinski definition) is 6. The first kappa shape index (κ1) is 16.8. The third-order valence-corrected chi connectivity index (χ3v) is 7.98. The number of carbonyl (C=O) groups is 2. The van der Waals surface area contributed by atoms with E-state index in [1.807, 2.05) is 6.08 Å². The highest BCUT2D eigenvalue weighted by molar-refractivity contribution is 6.01. The number of allylic oxidation sites excluding steroid dienone is 4. The second kappa shape index (κ2) is 4.93. The van der Waals surface area contributed by atoms with E-state index in [1.54, 1.807) is 12.2 Å². The first-order valence-electron chi connectivity index (χ1n) is 9.45. The van der Waals surface area contributed by atoms with Crippen molar-refractivity contribution in [1.29, 1.82) is 0 Å². The zero-order chi connectivity index (χ0) is 18.5. The third kappa shape index (κ3) is 1.68. The maximum Gasteiger partial charge on any atom is 0.195 e. The molecular formula is C20H24O6. The lowest BCUT2D eigenvalue weighted by atomic mass is 9.49. The summed E-state index contributed by atoms with van der Waals surface area (Å²) in [4.78, 5) is 24.2. The van der Waals surface area contributed by atoms with Crippen LogP contribution in [-0.4, -0.2) is 56.9 Å². The Morgan fingerprint density at radius 3 is 2.88 bits per heavy atom. The predicted molar refractivity (Wildman–Crippen MR) is 89.9 cm³/mol. The summed E-state index contributed by atoms with van der Waals surface area (Å²) in [5, 5.41) is 31.1. The van der Waals surface area contributed by atoms with Gasteiger partial charge in [-0.2, -0.15) is 0 Å². The number of ketones is 2. The molecule has 0 aromatic heterocycles. The molecule has 140 valence electrons. The molecule has 1 saturated heterocycles. The number of rotatable bonds is 2. The summed E-state index contributed by atoms with van der Waals surface area (Å²) < 4.78 is 5.90. The van der Waals surface area contributed by atoms with Crippen LogP contribution >= 0.6 is 0 Å². The average Bonchev–Trinajstić information content (AvgIpc) is 3.20. The second-order valence-electron chi connectivity index (χ2n) is 8.85. The van der Waals surface area contributed by atoms with Gasteiger partial charge in [-0.1, -0.05) is 18.6 Å². The van der Waals surface area contributed by atoms with Crippen molar-refractivity contribution in [1.82, 2.24) is 0 Å². The van der Waals surface area contributed by atoms with Gasteiger partial charge in [-0.3, -0.25) is 9.59 Å². The number of Topliss-reactive ketones (excluding diaryl/α,β-unsaturated/α-hetero) is 1. The van der Waals surface area contributed by atoms with Gasteiger partial charge in [0.05, 0.1) is 12.2 Å². The van der Waals surface area contributed by atoms with Gasteiger partial charge >= 0.3 is 0 Å². The van der Waals surface area contributed by atoms with E-state index in [4.69, 9.17) is 4.74 Å². The summed E-state index contributed by atoms with van der Waals surface area (Å²) in [6, 6.07) is 0. The maximum absolute atomic E-state index is 12.4. The third-order valence-electron chi connectivity index (χ3n) is 7.98. The predicted octanol–water partition coefficient (Wildman–Crippen LogP) is 0.299. The summed E-state index contributed by atoms with van der Waals surface area (Å²) >= 11 is 0.